The molecule has 2 heterocycles. The van der Waals surface area contributed by atoms with Crippen LogP contribution in [0.5, 0.6) is 0 Å². The summed E-state index contributed by atoms with van der Waals surface area (Å²) in [6, 6.07) is 48.0. The molecule has 0 saturated carbocycles. The normalized spacial score (nSPS) is 12.4. The van der Waals surface area contributed by atoms with Crippen LogP contribution in [0.1, 0.15) is 89.0 Å². The smallest absolute Gasteiger partial charge is 0.104 e. The summed E-state index contributed by atoms with van der Waals surface area (Å²) < 4.78 is 28.7. The zero-order chi connectivity index (χ0) is 44.3. The molecule has 0 bridgehead atoms. The fourth-order valence-corrected chi connectivity index (χ4v) is 2.74. The molecular weight excluding hydrogens is 713 g/mol. The van der Waals surface area contributed by atoms with Crippen LogP contribution in [0.3, 0.4) is 0 Å². The van der Waals surface area contributed by atoms with Crippen molar-refractivity contribution in [2.24, 2.45) is 0 Å². The van der Waals surface area contributed by atoms with Gasteiger partial charge in [0.2, 0.25) is 0 Å². The number of ether oxygens (including phenoxy) is 6. The lowest BCUT2D eigenvalue weighted by Crippen LogP contribution is -2.19. The first-order chi connectivity index (χ1) is 28.0. The minimum Gasteiger partial charge on any atom is -0.388 e. The van der Waals surface area contributed by atoms with E-state index in [0.717, 1.165) is 33.0 Å². The molecule has 6 rings (SSSR count). The summed E-state index contributed by atoms with van der Waals surface area (Å²) in [4.78, 5) is 0. The summed E-state index contributed by atoms with van der Waals surface area (Å²) in [5.74, 6) is 0. The highest BCUT2D eigenvalue weighted by molar-refractivity contribution is 5.01. The summed E-state index contributed by atoms with van der Waals surface area (Å²) >= 11 is 0. The van der Waals surface area contributed by atoms with Crippen molar-refractivity contribution >= 4 is 0 Å². The molecule has 0 aromatic heterocycles. The maximum absolute atomic E-state index is 8.80. The average Bonchev–Trinajstić information content (AvgIpc) is 4.25. The van der Waals surface area contributed by atoms with Crippen molar-refractivity contribution in [3.8, 4) is 0 Å². The molecule has 0 radical (unpaired) electrons. The summed E-state index contributed by atoms with van der Waals surface area (Å²) in [5, 5.41) is 8.80. The largest absolute Gasteiger partial charge is 0.388 e. The van der Waals surface area contributed by atoms with Crippen LogP contribution in [-0.2, 0) is 28.4 Å². The van der Waals surface area contributed by atoms with Crippen molar-refractivity contribution in [1.82, 2.24) is 0 Å². The van der Waals surface area contributed by atoms with Gasteiger partial charge in [-0.05, 0) is 6.92 Å². The molecule has 0 spiro atoms. The van der Waals surface area contributed by atoms with Crippen LogP contribution in [0.2, 0.25) is 0 Å². The maximum Gasteiger partial charge on any atom is 0.104 e. The average molecular weight is 801 g/mol. The third-order valence-electron chi connectivity index (χ3n) is 5.05. The van der Waals surface area contributed by atoms with E-state index in [4.69, 9.17) is 24.1 Å². The van der Waals surface area contributed by atoms with Gasteiger partial charge < -0.3 is 33.5 Å². The molecule has 1 N–H and O–H groups in total. The quantitative estimate of drug-likeness (QED) is 0.169. The van der Waals surface area contributed by atoms with Gasteiger partial charge in [0.15, 0.2) is 0 Å². The Balaban J connectivity index is -0.000000127. The highest BCUT2D eigenvalue weighted by Crippen LogP contribution is 2.08. The number of aliphatic hydroxyl groups is 1. The van der Waals surface area contributed by atoms with Crippen molar-refractivity contribution in [3.05, 3.63) is 146 Å². The van der Waals surface area contributed by atoms with Gasteiger partial charge in [-0.3, -0.25) is 0 Å². The highest BCUT2D eigenvalue weighted by atomic mass is 16.6. The van der Waals surface area contributed by atoms with E-state index < -0.39 is 6.10 Å². The van der Waals surface area contributed by atoms with Gasteiger partial charge in [-0.1, -0.05) is 228 Å². The molecule has 2 saturated heterocycles. The van der Waals surface area contributed by atoms with E-state index in [2.05, 4.69) is 37.2 Å². The molecule has 57 heavy (non-hydrogen) atoms. The standard InChI is InChI=1S/4C6H6.C5H12O3.C5H10O2.C4H8O2.2C3H8.3C2H6/c4*1-2-4-6-5-3-1;1-7-3-5(6)4-8-2;1-2-6-3-5-4-7-5;1-5-2-4-3-6-4;2*1-3-2;3*1-2/h4*1-6H;5-6H,3-4H2,1-2H3;5H,2-4H2,1H3;4H,2-3H2,1H3;2*3H2,1-2H3;3*1-2H3. The fraction of sp³-hybridized carbons (Fsp3) is 0.520. The number of methoxy groups -OCH3 is 3. The third kappa shape index (κ3) is 85.9. The molecule has 7 heteroatoms. The van der Waals surface area contributed by atoms with Crippen molar-refractivity contribution in [3.63, 3.8) is 0 Å². The monoisotopic (exact) mass is 801 g/mol. The lowest BCUT2D eigenvalue weighted by Gasteiger charge is -2.05. The van der Waals surface area contributed by atoms with E-state index in [1.807, 2.05) is 194 Å². The lowest BCUT2D eigenvalue weighted by atomic mass is 10.4. The van der Waals surface area contributed by atoms with Crippen LogP contribution in [0.25, 0.3) is 0 Å². The number of benzene rings is 4. The number of hydrogen-bond acceptors (Lipinski definition) is 7. The number of rotatable bonds is 9. The lowest BCUT2D eigenvalue weighted by molar-refractivity contribution is 0.00980. The third-order valence-corrected chi connectivity index (χ3v) is 5.05. The molecule has 2 atom stereocenters. The molecule has 0 aliphatic carbocycles. The fourth-order valence-electron chi connectivity index (χ4n) is 2.74. The Morgan fingerprint density at radius 3 is 0.737 bits per heavy atom. The number of epoxide rings is 2. The topological polar surface area (TPSA) is 82.2 Å². The Labute approximate surface area is 353 Å². The summed E-state index contributed by atoms with van der Waals surface area (Å²) in [6.07, 6.45) is 2.87. The van der Waals surface area contributed by atoms with Crippen LogP contribution in [0.15, 0.2) is 146 Å². The van der Waals surface area contributed by atoms with Gasteiger partial charge >= 0.3 is 0 Å². The van der Waals surface area contributed by atoms with Gasteiger partial charge in [0.1, 0.15) is 18.3 Å². The van der Waals surface area contributed by atoms with Gasteiger partial charge in [-0.2, -0.15) is 0 Å². The molecule has 4 aromatic carbocycles. The van der Waals surface area contributed by atoms with Crippen molar-refractivity contribution in [2.75, 3.05) is 67.6 Å². The first-order valence-electron chi connectivity index (χ1n) is 21.0. The van der Waals surface area contributed by atoms with Crippen LogP contribution in [0.4, 0.5) is 0 Å². The number of hydrogen-bond donors (Lipinski definition) is 1. The zero-order valence-corrected chi connectivity index (χ0v) is 38.8. The highest BCUT2D eigenvalue weighted by Gasteiger charge is 2.21. The predicted octanol–water partition coefficient (Wildman–Crippen LogP) is 12.8. The summed E-state index contributed by atoms with van der Waals surface area (Å²) in [7, 11) is 4.76. The second-order valence-electron chi connectivity index (χ2n) is 10.6. The minimum atomic E-state index is -0.481. The van der Waals surface area contributed by atoms with Gasteiger partial charge in [0.05, 0.1) is 39.6 Å². The first-order valence-corrected chi connectivity index (χ1v) is 21.0. The van der Waals surface area contributed by atoms with E-state index in [1.165, 1.54) is 12.8 Å². The van der Waals surface area contributed by atoms with Crippen LogP contribution >= 0.6 is 0 Å². The molecule has 2 aliphatic heterocycles. The van der Waals surface area contributed by atoms with Crippen LogP contribution < -0.4 is 0 Å². The Bertz CT molecular complexity index is 796. The van der Waals surface area contributed by atoms with Crippen molar-refractivity contribution in [2.45, 2.75) is 107 Å². The molecule has 2 fully saturated rings. The van der Waals surface area contributed by atoms with Gasteiger partial charge in [0, 0.05) is 27.9 Å². The van der Waals surface area contributed by atoms with Crippen LogP contribution in [-0.4, -0.2) is 91.0 Å². The van der Waals surface area contributed by atoms with E-state index in [-0.39, 0.29) is 0 Å². The van der Waals surface area contributed by atoms with E-state index >= 15 is 0 Å². The summed E-state index contributed by atoms with van der Waals surface area (Å²) in [5.41, 5.74) is 0. The van der Waals surface area contributed by atoms with E-state index in [9.17, 15) is 0 Å². The zero-order valence-electron chi connectivity index (χ0n) is 38.8. The SMILES string of the molecule is CC.CC.CC.CCC.CCC.CCOCC1CO1.COCC(O)COC.COCC1CO1.c1ccccc1.c1ccccc1.c1ccccc1.c1ccccc1. The van der Waals surface area contributed by atoms with Crippen molar-refractivity contribution in [1.29, 1.82) is 0 Å². The van der Waals surface area contributed by atoms with E-state index in [1.54, 1.807) is 21.3 Å². The van der Waals surface area contributed by atoms with Crippen molar-refractivity contribution < 1.29 is 33.5 Å². The maximum atomic E-state index is 8.80. The number of aliphatic hydroxyl groups excluding tert-OH is 1. The molecule has 0 amide bonds. The van der Waals surface area contributed by atoms with Gasteiger partial charge in [-0.25, -0.2) is 0 Å². The first kappa shape index (κ1) is 65.5. The Morgan fingerprint density at radius 1 is 0.421 bits per heavy atom. The molecule has 7 nitrogen and oxygen atoms in total. The molecule has 2 aliphatic rings. The Morgan fingerprint density at radius 2 is 0.614 bits per heavy atom. The molecule has 4 aromatic rings. The second kappa shape index (κ2) is 70.4. The molecule has 330 valence electrons. The Kier molecular flexibility index (Phi) is 80.8. The van der Waals surface area contributed by atoms with Crippen LogP contribution in [0, 0.1) is 0 Å². The van der Waals surface area contributed by atoms with Gasteiger partial charge in [-0.15, -0.1) is 0 Å². The Hall–Kier alpha value is -3.40. The minimum absolute atomic E-state index is 0.341. The predicted molar refractivity (Wildman–Crippen MR) is 249 cm³/mol. The second-order valence-corrected chi connectivity index (χ2v) is 10.6. The molecular formula is C50H88O7. The van der Waals surface area contributed by atoms with E-state index in [0.29, 0.717) is 25.4 Å². The molecule has 2 unspecified atom stereocenters. The summed E-state index contributed by atoms with van der Waals surface area (Å²) in [6.45, 7) is 27.3. The van der Waals surface area contributed by atoms with Gasteiger partial charge in [0.25, 0.3) is 0 Å².